The SMILES string of the molecule is COCCCCCNc1ccc(C(=O)O)cc1[N+](=O)[O-]. The highest BCUT2D eigenvalue weighted by Crippen LogP contribution is 2.25. The number of carbonyl (C=O) groups is 1. The fourth-order valence-electron chi connectivity index (χ4n) is 1.74. The predicted molar refractivity (Wildman–Crippen MR) is 74.3 cm³/mol. The molecule has 0 aliphatic heterocycles. The van der Waals surface area contributed by atoms with Gasteiger partial charge >= 0.3 is 5.97 Å². The van der Waals surface area contributed by atoms with Gasteiger partial charge in [0.05, 0.1) is 10.5 Å². The molecule has 0 aliphatic rings. The van der Waals surface area contributed by atoms with Crippen LogP contribution in [0, 0.1) is 10.1 Å². The van der Waals surface area contributed by atoms with E-state index in [1.807, 2.05) is 0 Å². The standard InChI is InChI=1S/C13H18N2O5/c1-20-8-4-2-3-7-14-11-6-5-10(13(16)17)9-12(11)15(18)19/h5-6,9,14H,2-4,7-8H2,1H3,(H,16,17). The number of aromatic carboxylic acids is 1. The second-order valence-electron chi connectivity index (χ2n) is 4.27. The van der Waals surface area contributed by atoms with Gasteiger partial charge in [0.1, 0.15) is 5.69 Å². The zero-order valence-electron chi connectivity index (χ0n) is 11.3. The summed E-state index contributed by atoms with van der Waals surface area (Å²) >= 11 is 0. The van der Waals surface area contributed by atoms with E-state index >= 15 is 0 Å². The molecule has 7 heteroatoms. The molecule has 0 atom stereocenters. The first-order chi connectivity index (χ1) is 9.56. The van der Waals surface area contributed by atoms with Crippen LogP contribution in [0.15, 0.2) is 18.2 Å². The number of nitrogens with zero attached hydrogens (tertiary/aromatic N) is 1. The number of unbranched alkanes of at least 4 members (excludes halogenated alkanes) is 2. The van der Waals surface area contributed by atoms with Crippen LogP contribution in [-0.4, -0.2) is 36.3 Å². The number of benzene rings is 1. The van der Waals surface area contributed by atoms with E-state index in [1.165, 1.54) is 12.1 Å². The van der Waals surface area contributed by atoms with Crippen LogP contribution in [0.1, 0.15) is 29.6 Å². The molecule has 2 N–H and O–H groups in total. The number of nitro benzene ring substituents is 1. The van der Waals surface area contributed by atoms with E-state index in [0.717, 1.165) is 25.3 Å². The van der Waals surface area contributed by atoms with Crippen LogP contribution in [-0.2, 0) is 4.74 Å². The molecule has 0 unspecified atom stereocenters. The smallest absolute Gasteiger partial charge is 0.335 e. The van der Waals surface area contributed by atoms with Crippen molar-refractivity contribution in [1.29, 1.82) is 0 Å². The third-order valence-electron chi connectivity index (χ3n) is 2.78. The molecule has 0 fully saturated rings. The summed E-state index contributed by atoms with van der Waals surface area (Å²) in [6.45, 7) is 1.30. The molecular formula is C13H18N2O5. The van der Waals surface area contributed by atoms with E-state index in [-0.39, 0.29) is 11.3 Å². The second-order valence-corrected chi connectivity index (χ2v) is 4.27. The molecule has 0 radical (unpaired) electrons. The van der Waals surface area contributed by atoms with Gasteiger partial charge in [-0.15, -0.1) is 0 Å². The summed E-state index contributed by atoms with van der Waals surface area (Å²) in [6, 6.07) is 3.84. The van der Waals surface area contributed by atoms with Gasteiger partial charge < -0.3 is 15.2 Å². The first-order valence-corrected chi connectivity index (χ1v) is 6.30. The molecule has 0 amide bonds. The van der Waals surface area contributed by atoms with Gasteiger partial charge in [-0.05, 0) is 31.4 Å². The van der Waals surface area contributed by atoms with Crippen LogP contribution in [0.2, 0.25) is 0 Å². The van der Waals surface area contributed by atoms with Crippen molar-refractivity contribution < 1.29 is 19.6 Å². The van der Waals surface area contributed by atoms with E-state index in [0.29, 0.717) is 18.8 Å². The van der Waals surface area contributed by atoms with Crippen molar-refractivity contribution in [3.8, 4) is 0 Å². The van der Waals surface area contributed by atoms with Crippen LogP contribution < -0.4 is 5.32 Å². The average Bonchev–Trinajstić information content (AvgIpc) is 2.42. The molecule has 7 nitrogen and oxygen atoms in total. The lowest BCUT2D eigenvalue weighted by Gasteiger charge is -2.07. The van der Waals surface area contributed by atoms with Gasteiger partial charge in [0.25, 0.3) is 5.69 Å². The molecule has 0 saturated heterocycles. The van der Waals surface area contributed by atoms with Crippen molar-refractivity contribution >= 4 is 17.3 Å². The predicted octanol–water partition coefficient (Wildman–Crippen LogP) is 2.52. The lowest BCUT2D eigenvalue weighted by Crippen LogP contribution is -2.06. The summed E-state index contributed by atoms with van der Waals surface area (Å²) in [5, 5.41) is 22.7. The number of methoxy groups -OCH3 is 1. The number of hydrogen-bond acceptors (Lipinski definition) is 5. The first kappa shape index (κ1) is 15.9. The zero-order valence-corrected chi connectivity index (χ0v) is 11.3. The Balaban J connectivity index is 2.60. The minimum absolute atomic E-state index is 0.0951. The minimum atomic E-state index is -1.18. The summed E-state index contributed by atoms with van der Waals surface area (Å²) in [5.74, 6) is -1.18. The topological polar surface area (TPSA) is 102 Å². The van der Waals surface area contributed by atoms with E-state index in [1.54, 1.807) is 7.11 Å². The Morgan fingerprint density at radius 3 is 2.75 bits per heavy atom. The molecule has 0 aliphatic carbocycles. The summed E-state index contributed by atoms with van der Waals surface area (Å²) in [5.41, 5.74) is 0.0240. The third-order valence-corrected chi connectivity index (χ3v) is 2.78. The molecule has 0 saturated carbocycles. The molecular weight excluding hydrogens is 264 g/mol. The molecule has 110 valence electrons. The number of hydrogen-bond donors (Lipinski definition) is 2. The summed E-state index contributed by atoms with van der Waals surface area (Å²) in [7, 11) is 1.64. The molecule has 1 aromatic rings. The number of anilines is 1. The van der Waals surface area contributed by atoms with Crippen LogP contribution in [0.25, 0.3) is 0 Å². The van der Waals surface area contributed by atoms with Crippen molar-refractivity contribution in [3.63, 3.8) is 0 Å². The van der Waals surface area contributed by atoms with Crippen LogP contribution in [0.5, 0.6) is 0 Å². The third kappa shape index (κ3) is 4.85. The lowest BCUT2D eigenvalue weighted by atomic mass is 10.1. The van der Waals surface area contributed by atoms with Gasteiger partial charge in [-0.3, -0.25) is 10.1 Å². The summed E-state index contributed by atoms with van der Waals surface area (Å²) in [6.07, 6.45) is 2.77. The maximum atomic E-state index is 10.9. The Labute approximate surface area is 116 Å². The zero-order chi connectivity index (χ0) is 15.0. The van der Waals surface area contributed by atoms with Crippen molar-refractivity contribution in [2.24, 2.45) is 0 Å². The largest absolute Gasteiger partial charge is 0.478 e. The Kier molecular flexibility index (Phi) is 6.45. The molecule has 0 bridgehead atoms. The van der Waals surface area contributed by atoms with Gasteiger partial charge in [0, 0.05) is 26.3 Å². The van der Waals surface area contributed by atoms with Crippen molar-refractivity contribution in [2.45, 2.75) is 19.3 Å². The molecule has 1 aromatic carbocycles. The Bertz CT molecular complexity index is 476. The van der Waals surface area contributed by atoms with Crippen molar-refractivity contribution in [2.75, 3.05) is 25.6 Å². The highest BCUT2D eigenvalue weighted by Gasteiger charge is 2.16. The Hall–Kier alpha value is -2.15. The number of rotatable bonds is 9. The normalized spacial score (nSPS) is 10.2. The van der Waals surface area contributed by atoms with E-state index in [2.05, 4.69) is 5.32 Å². The van der Waals surface area contributed by atoms with Gasteiger partial charge in [-0.1, -0.05) is 0 Å². The second kappa shape index (κ2) is 8.11. The summed E-state index contributed by atoms with van der Waals surface area (Å²) in [4.78, 5) is 21.1. The number of carboxylic acid groups (broad SMARTS) is 1. The van der Waals surface area contributed by atoms with E-state index < -0.39 is 10.9 Å². The van der Waals surface area contributed by atoms with E-state index in [9.17, 15) is 14.9 Å². The maximum Gasteiger partial charge on any atom is 0.335 e. The monoisotopic (exact) mass is 282 g/mol. The van der Waals surface area contributed by atoms with Crippen LogP contribution in [0.4, 0.5) is 11.4 Å². The number of nitro groups is 1. The lowest BCUT2D eigenvalue weighted by molar-refractivity contribution is -0.384. The van der Waals surface area contributed by atoms with Gasteiger partial charge in [-0.2, -0.15) is 0 Å². The molecule has 20 heavy (non-hydrogen) atoms. The number of nitrogens with one attached hydrogen (secondary N) is 1. The highest BCUT2D eigenvalue weighted by atomic mass is 16.6. The maximum absolute atomic E-state index is 10.9. The van der Waals surface area contributed by atoms with Crippen LogP contribution >= 0.6 is 0 Å². The van der Waals surface area contributed by atoms with Crippen molar-refractivity contribution in [3.05, 3.63) is 33.9 Å². The van der Waals surface area contributed by atoms with Crippen molar-refractivity contribution in [1.82, 2.24) is 0 Å². The van der Waals surface area contributed by atoms with Gasteiger partial charge in [0.2, 0.25) is 0 Å². The minimum Gasteiger partial charge on any atom is -0.478 e. The van der Waals surface area contributed by atoms with E-state index in [4.69, 9.17) is 9.84 Å². The summed E-state index contributed by atoms with van der Waals surface area (Å²) < 4.78 is 4.93. The molecule has 0 heterocycles. The number of carboxylic acids is 1. The Morgan fingerprint density at radius 2 is 2.15 bits per heavy atom. The highest BCUT2D eigenvalue weighted by molar-refractivity contribution is 5.89. The fraction of sp³-hybridized carbons (Fsp3) is 0.462. The molecule has 1 rings (SSSR count). The Morgan fingerprint density at radius 1 is 1.40 bits per heavy atom. The van der Waals surface area contributed by atoms with Gasteiger partial charge in [0.15, 0.2) is 0 Å². The first-order valence-electron chi connectivity index (χ1n) is 6.30. The molecule has 0 aromatic heterocycles. The fourth-order valence-corrected chi connectivity index (χ4v) is 1.74. The van der Waals surface area contributed by atoms with Gasteiger partial charge in [-0.25, -0.2) is 4.79 Å². The molecule has 0 spiro atoms. The van der Waals surface area contributed by atoms with Crippen LogP contribution in [0.3, 0.4) is 0 Å². The average molecular weight is 282 g/mol. The number of ether oxygens (including phenoxy) is 1. The quantitative estimate of drug-likeness (QED) is 0.410.